The first-order chi connectivity index (χ1) is 9.72. The maximum Gasteiger partial charge on any atom is 0.0376 e. The average molecular weight is 266 g/mol. The van der Waals surface area contributed by atoms with Crippen molar-refractivity contribution in [3.8, 4) is 0 Å². The normalized spacial score (nSPS) is 17.1. The van der Waals surface area contributed by atoms with E-state index in [-0.39, 0.29) is 0 Å². The quantitative estimate of drug-likeness (QED) is 0.909. The van der Waals surface area contributed by atoms with Gasteiger partial charge in [-0.15, -0.1) is 0 Å². The molecule has 2 nitrogen and oxygen atoms in total. The maximum atomic E-state index is 3.50. The molecule has 20 heavy (non-hydrogen) atoms. The first-order valence-electron chi connectivity index (χ1n) is 7.29. The summed E-state index contributed by atoms with van der Waals surface area (Å²) in [6.45, 7) is 5.32. The number of para-hydroxylation sites is 1. The number of hydrogen-bond donors (Lipinski definition) is 1. The van der Waals surface area contributed by atoms with Crippen LogP contribution in [-0.4, -0.2) is 25.0 Å². The molecule has 0 spiro atoms. The Hall–Kier alpha value is -1.80. The van der Waals surface area contributed by atoms with E-state index in [1.807, 2.05) is 0 Å². The van der Waals surface area contributed by atoms with Crippen LogP contribution in [0.1, 0.15) is 22.6 Å². The third-order valence-corrected chi connectivity index (χ3v) is 4.01. The highest BCUT2D eigenvalue weighted by Gasteiger charge is 2.22. The fourth-order valence-electron chi connectivity index (χ4n) is 3.08. The van der Waals surface area contributed by atoms with Crippen LogP contribution in [0.25, 0.3) is 0 Å². The summed E-state index contributed by atoms with van der Waals surface area (Å²) in [6.07, 6.45) is 0. The van der Waals surface area contributed by atoms with Crippen molar-refractivity contribution >= 4 is 5.69 Å². The van der Waals surface area contributed by atoms with Crippen LogP contribution < -0.4 is 5.32 Å². The van der Waals surface area contributed by atoms with Gasteiger partial charge in [-0.05, 0) is 31.2 Å². The molecule has 0 fully saturated rings. The molecule has 0 aromatic heterocycles. The number of nitrogens with zero attached hydrogens (tertiary/aromatic N) is 1. The van der Waals surface area contributed by atoms with Crippen molar-refractivity contribution in [3.05, 3.63) is 65.2 Å². The van der Waals surface area contributed by atoms with Gasteiger partial charge in [-0.2, -0.15) is 0 Å². The maximum absolute atomic E-state index is 3.50. The number of aryl methyl sites for hydroxylation is 1. The summed E-state index contributed by atoms with van der Waals surface area (Å²) < 4.78 is 0. The smallest absolute Gasteiger partial charge is 0.0376 e. The minimum atomic E-state index is 0.598. The van der Waals surface area contributed by atoms with E-state index in [2.05, 4.69) is 72.7 Å². The Morgan fingerprint density at radius 2 is 2.00 bits per heavy atom. The van der Waals surface area contributed by atoms with Crippen LogP contribution in [0.5, 0.6) is 0 Å². The molecule has 104 valence electrons. The van der Waals surface area contributed by atoms with Gasteiger partial charge in [0.15, 0.2) is 0 Å². The van der Waals surface area contributed by atoms with Gasteiger partial charge in [-0.25, -0.2) is 0 Å². The lowest BCUT2D eigenvalue weighted by molar-refractivity contribution is 0.309. The summed E-state index contributed by atoms with van der Waals surface area (Å²) in [5.74, 6) is 0.598. The van der Waals surface area contributed by atoms with E-state index in [1.54, 1.807) is 0 Å². The highest BCUT2D eigenvalue weighted by Crippen LogP contribution is 2.31. The van der Waals surface area contributed by atoms with Crippen molar-refractivity contribution < 1.29 is 0 Å². The number of benzene rings is 2. The zero-order valence-electron chi connectivity index (χ0n) is 12.3. The number of hydrogen-bond acceptors (Lipinski definition) is 2. The summed E-state index contributed by atoms with van der Waals surface area (Å²) in [5, 5.41) is 3.50. The zero-order chi connectivity index (χ0) is 13.9. The fraction of sp³-hybridized carbons (Fsp3) is 0.333. The molecule has 0 aliphatic carbocycles. The Balaban J connectivity index is 1.64. The fourth-order valence-corrected chi connectivity index (χ4v) is 3.08. The van der Waals surface area contributed by atoms with Gasteiger partial charge in [-0.1, -0.05) is 48.0 Å². The van der Waals surface area contributed by atoms with Gasteiger partial charge in [0, 0.05) is 31.2 Å². The first-order valence-corrected chi connectivity index (χ1v) is 7.29. The highest BCUT2D eigenvalue weighted by atomic mass is 15.1. The Morgan fingerprint density at radius 3 is 2.85 bits per heavy atom. The molecule has 1 atom stereocenters. The molecule has 0 bridgehead atoms. The van der Waals surface area contributed by atoms with Crippen LogP contribution in [0.4, 0.5) is 5.69 Å². The van der Waals surface area contributed by atoms with Crippen LogP contribution >= 0.6 is 0 Å². The van der Waals surface area contributed by atoms with Crippen LogP contribution in [0.2, 0.25) is 0 Å². The lowest BCUT2D eigenvalue weighted by Gasteiger charge is -2.21. The van der Waals surface area contributed by atoms with Crippen molar-refractivity contribution in [2.24, 2.45) is 0 Å². The number of anilines is 1. The summed E-state index contributed by atoms with van der Waals surface area (Å²) in [7, 11) is 2.21. The third-order valence-electron chi connectivity index (χ3n) is 4.01. The van der Waals surface area contributed by atoms with Crippen molar-refractivity contribution in [1.82, 2.24) is 4.90 Å². The minimum Gasteiger partial charge on any atom is -0.384 e. The lowest BCUT2D eigenvalue weighted by Crippen LogP contribution is -2.25. The highest BCUT2D eigenvalue weighted by molar-refractivity contribution is 5.57. The van der Waals surface area contributed by atoms with Gasteiger partial charge < -0.3 is 10.2 Å². The summed E-state index contributed by atoms with van der Waals surface area (Å²) in [4.78, 5) is 2.42. The van der Waals surface area contributed by atoms with Crippen molar-refractivity contribution in [2.45, 2.75) is 19.4 Å². The van der Waals surface area contributed by atoms with Crippen LogP contribution in [0.15, 0.2) is 48.5 Å². The molecule has 2 aromatic rings. The third kappa shape index (κ3) is 2.86. The van der Waals surface area contributed by atoms with Gasteiger partial charge in [0.05, 0.1) is 0 Å². The molecule has 2 aromatic carbocycles. The SMILES string of the molecule is Cc1cccc(CN(C)CC2CNc3ccccc32)c1. The van der Waals surface area contributed by atoms with E-state index >= 15 is 0 Å². The molecule has 3 rings (SSSR count). The molecule has 0 amide bonds. The monoisotopic (exact) mass is 266 g/mol. The largest absolute Gasteiger partial charge is 0.384 e. The van der Waals surface area contributed by atoms with Crippen molar-refractivity contribution in [1.29, 1.82) is 0 Å². The second-order valence-electron chi connectivity index (χ2n) is 5.85. The Kier molecular flexibility index (Phi) is 3.75. The molecular formula is C18H22N2. The number of rotatable bonds is 4. The molecule has 0 saturated carbocycles. The number of nitrogens with one attached hydrogen (secondary N) is 1. The van der Waals surface area contributed by atoms with E-state index < -0.39 is 0 Å². The van der Waals surface area contributed by atoms with E-state index in [0.29, 0.717) is 5.92 Å². The molecule has 0 saturated heterocycles. The standard InChI is InChI=1S/C18H22N2/c1-14-6-5-7-15(10-14)12-20(2)13-16-11-19-18-9-4-3-8-17(16)18/h3-10,16,19H,11-13H2,1-2H3. The van der Waals surface area contributed by atoms with E-state index in [4.69, 9.17) is 0 Å². The van der Waals surface area contributed by atoms with Gasteiger partial charge in [0.2, 0.25) is 0 Å². The van der Waals surface area contributed by atoms with E-state index in [9.17, 15) is 0 Å². The van der Waals surface area contributed by atoms with Crippen molar-refractivity contribution in [3.63, 3.8) is 0 Å². The predicted molar refractivity (Wildman–Crippen MR) is 85.2 cm³/mol. The van der Waals surface area contributed by atoms with Crippen LogP contribution in [-0.2, 0) is 6.54 Å². The Labute approximate surface area is 121 Å². The van der Waals surface area contributed by atoms with E-state index in [1.165, 1.54) is 22.4 Å². The second kappa shape index (κ2) is 5.68. The first kappa shape index (κ1) is 13.2. The molecule has 2 heteroatoms. The predicted octanol–water partition coefficient (Wildman–Crippen LogP) is 3.64. The van der Waals surface area contributed by atoms with Gasteiger partial charge in [0.1, 0.15) is 0 Å². The molecule has 1 aliphatic heterocycles. The Bertz CT molecular complexity index is 591. The lowest BCUT2D eigenvalue weighted by atomic mass is 10.0. The number of fused-ring (bicyclic) bond motifs is 1. The zero-order valence-corrected chi connectivity index (χ0v) is 12.3. The topological polar surface area (TPSA) is 15.3 Å². The molecule has 1 aliphatic rings. The molecular weight excluding hydrogens is 244 g/mol. The van der Waals surface area contributed by atoms with Crippen molar-refractivity contribution in [2.75, 3.05) is 25.5 Å². The summed E-state index contributed by atoms with van der Waals surface area (Å²) in [6, 6.07) is 17.5. The van der Waals surface area contributed by atoms with Crippen LogP contribution in [0, 0.1) is 6.92 Å². The number of likely N-dealkylation sites (N-methyl/N-ethyl adjacent to an activating group) is 1. The molecule has 1 unspecified atom stereocenters. The molecule has 1 N–H and O–H groups in total. The van der Waals surface area contributed by atoms with Gasteiger partial charge in [-0.3, -0.25) is 0 Å². The summed E-state index contributed by atoms with van der Waals surface area (Å²) in [5.41, 5.74) is 5.50. The van der Waals surface area contributed by atoms with Crippen LogP contribution in [0.3, 0.4) is 0 Å². The summed E-state index contributed by atoms with van der Waals surface area (Å²) >= 11 is 0. The molecule has 1 heterocycles. The van der Waals surface area contributed by atoms with Gasteiger partial charge >= 0.3 is 0 Å². The van der Waals surface area contributed by atoms with E-state index in [0.717, 1.165) is 19.6 Å². The second-order valence-corrected chi connectivity index (χ2v) is 5.85. The minimum absolute atomic E-state index is 0.598. The molecule has 0 radical (unpaired) electrons. The Morgan fingerprint density at radius 1 is 1.15 bits per heavy atom. The van der Waals surface area contributed by atoms with Gasteiger partial charge in [0.25, 0.3) is 0 Å². The average Bonchev–Trinajstić information content (AvgIpc) is 2.82.